The van der Waals surface area contributed by atoms with Gasteiger partial charge in [-0.1, -0.05) is 15.9 Å². The third-order valence-corrected chi connectivity index (χ3v) is 6.57. The minimum atomic E-state index is -3.49. The Balaban J connectivity index is 1.72. The summed E-state index contributed by atoms with van der Waals surface area (Å²) in [5, 5.41) is 0. The number of hydrogen-bond acceptors (Lipinski definition) is 4. The van der Waals surface area contributed by atoms with Crippen molar-refractivity contribution in [2.45, 2.75) is 17.4 Å². The van der Waals surface area contributed by atoms with Gasteiger partial charge in [-0.3, -0.25) is 0 Å². The van der Waals surface area contributed by atoms with Crippen LogP contribution in [0.15, 0.2) is 56.4 Å². The third kappa shape index (κ3) is 3.76. The molecule has 1 atom stereocenters. The number of nitrogens with zero attached hydrogens (tertiary/aromatic N) is 2. The Kier molecular flexibility index (Phi) is 5.05. The van der Waals surface area contributed by atoms with E-state index in [0.29, 0.717) is 30.3 Å². The van der Waals surface area contributed by atoms with Crippen molar-refractivity contribution in [3.8, 4) is 5.88 Å². The van der Waals surface area contributed by atoms with Gasteiger partial charge in [-0.15, -0.1) is 0 Å². The summed E-state index contributed by atoms with van der Waals surface area (Å²) in [6, 6.07) is 10.3. The first-order valence-corrected chi connectivity index (χ1v) is 10.0. The Morgan fingerprint density at radius 3 is 2.61 bits per heavy atom. The molecule has 0 spiro atoms. The highest BCUT2D eigenvalue weighted by Gasteiger charge is 2.34. The molecule has 122 valence electrons. The number of benzene rings is 1. The van der Waals surface area contributed by atoms with Crippen molar-refractivity contribution < 1.29 is 13.2 Å². The summed E-state index contributed by atoms with van der Waals surface area (Å²) in [6.07, 6.45) is 2.08. The Morgan fingerprint density at radius 2 is 1.91 bits per heavy atom. The molecule has 3 rings (SSSR count). The van der Waals surface area contributed by atoms with Gasteiger partial charge in [0.25, 0.3) is 0 Å². The Morgan fingerprint density at radius 1 is 1.17 bits per heavy atom. The van der Waals surface area contributed by atoms with Crippen LogP contribution in [0.1, 0.15) is 6.42 Å². The normalized spacial score (nSPS) is 19.0. The van der Waals surface area contributed by atoms with Gasteiger partial charge in [0.1, 0.15) is 6.10 Å². The summed E-state index contributed by atoms with van der Waals surface area (Å²) >= 11 is 6.69. The van der Waals surface area contributed by atoms with E-state index in [1.54, 1.807) is 36.5 Å². The number of ether oxygens (including phenoxy) is 1. The molecule has 1 aliphatic rings. The van der Waals surface area contributed by atoms with Crippen LogP contribution in [-0.4, -0.2) is 36.9 Å². The molecule has 0 saturated carbocycles. The second-order valence-corrected chi connectivity index (χ2v) is 8.84. The molecule has 1 aromatic heterocycles. The number of pyridine rings is 1. The molecule has 1 saturated heterocycles. The molecule has 2 aromatic rings. The Hall–Kier alpha value is -0.960. The number of sulfonamides is 1. The van der Waals surface area contributed by atoms with Crippen LogP contribution in [0.4, 0.5) is 0 Å². The van der Waals surface area contributed by atoms with Crippen molar-refractivity contribution in [1.29, 1.82) is 0 Å². The van der Waals surface area contributed by atoms with Crippen molar-refractivity contribution in [3.63, 3.8) is 0 Å². The molecule has 1 unspecified atom stereocenters. The van der Waals surface area contributed by atoms with E-state index in [-0.39, 0.29) is 6.10 Å². The number of halogens is 2. The van der Waals surface area contributed by atoms with Gasteiger partial charge in [0.2, 0.25) is 15.9 Å². The van der Waals surface area contributed by atoms with Gasteiger partial charge >= 0.3 is 0 Å². The van der Waals surface area contributed by atoms with Crippen LogP contribution < -0.4 is 4.74 Å². The van der Waals surface area contributed by atoms with Crippen molar-refractivity contribution >= 4 is 41.9 Å². The molecule has 0 aliphatic carbocycles. The quantitative estimate of drug-likeness (QED) is 0.699. The Bertz CT molecular complexity index is 797. The minimum absolute atomic E-state index is 0.202. The lowest BCUT2D eigenvalue weighted by atomic mass is 10.3. The Labute approximate surface area is 152 Å². The van der Waals surface area contributed by atoms with Crippen molar-refractivity contribution in [1.82, 2.24) is 9.29 Å². The van der Waals surface area contributed by atoms with E-state index in [1.807, 2.05) is 6.07 Å². The van der Waals surface area contributed by atoms with Crippen molar-refractivity contribution in [3.05, 3.63) is 51.5 Å². The molecule has 0 amide bonds. The molecular formula is C15H14Br2N2O3S. The first-order valence-electron chi connectivity index (χ1n) is 7.00. The number of rotatable bonds is 4. The third-order valence-electron chi connectivity index (χ3n) is 3.56. The smallest absolute Gasteiger partial charge is 0.243 e. The molecule has 23 heavy (non-hydrogen) atoms. The van der Waals surface area contributed by atoms with Crippen LogP contribution in [0.3, 0.4) is 0 Å². The van der Waals surface area contributed by atoms with Gasteiger partial charge in [0.15, 0.2) is 0 Å². The summed E-state index contributed by atoms with van der Waals surface area (Å²) in [5.74, 6) is 0.486. The zero-order chi connectivity index (χ0) is 16.4. The average Bonchev–Trinajstić information content (AvgIpc) is 2.99. The molecular weight excluding hydrogens is 448 g/mol. The van der Waals surface area contributed by atoms with Crippen molar-refractivity contribution in [2.75, 3.05) is 13.1 Å². The lowest BCUT2D eigenvalue weighted by Gasteiger charge is -2.17. The van der Waals surface area contributed by atoms with Gasteiger partial charge in [-0.05, 0) is 58.7 Å². The lowest BCUT2D eigenvalue weighted by molar-refractivity contribution is 0.205. The zero-order valence-electron chi connectivity index (χ0n) is 12.0. The minimum Gasteiger partial charge on any atom is -0.472 e. The summed E-state index contributed by atoms with van der Waals surface area (Å²) in [5.41, 5.74) is 0. The average molecular weight is 462 g/mol. The molecule has 1 fully saturated rings. The van der Waals surface area contributed by atoms with Crippen LogP contribution in [0.25, 0.3) is 0 Å². The zero-order valence-corrected chi connectivity index (χ0v) is 16.0. The van der Waals surface area contributed by atoms with Crippen LogP contribution in [0.5, 0.6) is 5.88 Å². The SMILES string of the molecule is O=S(=O)(c1ccc(Br)cc1)N1CCC(Oc2ncccc2Br)C1. The van der Waals surface area contributed by atoms with Crippen LogP contribution in [-0.2, 0) is 10.0 Å². The van der Waals surface area contributed by atoms with Gasteiger partial charge in [0.05, 0.1) is 15.9 Å². The van der Waals surface area contributed by atoms with E-state index in [1.165, 1.54) is 4.31 Å². The summed E-state index contributed by atoms with van der Waals surface area (Å²) in [6.45, 7) is 0.759. The lowest BCUT2D eigenvalue weighted by Crippen LogP contribution is -2.31. The molecule has 0 radical (unpaired) electrons. The van der Waals surface area contributed by atoms with Gasteiger partial charge in [0, 0.05) is 17.2 Å². The predicted molar refractivity (Wildman–Crippen MR) is 93.9 cm³/mol. The van der Waals surface area contributed by atoms with Crippen LogP contribution in [0, 0.1) is 0 Å². The fraction of sp³-hybridized carbons (Fsp3) is 0.267. The predicted octanol–water partition coefficient (Wildman–Crippen LogP) is 3.45. The highest BCUT2D eigenvalue weighted by atomic mass is 79.9. The number of aromatic nitrogens is 1. The van der Waals surface area contributed by atoms with Crippen LogP contribution >= 0.6 is 31.9 Å². The maximum Gasteiger partial charge on any atom is 0.243 e. The highest BCUT2D eigenvalue weighted by molar-refractivity contribution is 9.10. The van der Waals surface area contributed by atoms with E-state index in [9.17, 15) is 8.42 Å². The molecule has 8 heteroatoms. The van der Waals surface area contributed by atoms with Crippen LogP contribution in [0.2, 0.25) is 0 Å². The van der Waals surface area contributed by atoms with E-state index in [2.05, 4.69) is 36.8 Å². The summed E-state index contributed by atoms with van der Waals surface area (Å²) < 4.78 is 34.2. The summed E-state index contributed by atoms with van der Waals surface area (Å²) in [4.78, 5) is 4.45. The highest BCUT2D eigenvalue weighted by Crippen LogP contribution is 2.27. The van der Waals surface area contributed by atoms with E-state index < -0.39 is 10.0 Å². The monoisotopic (exact) mass is 460 g/mol. The largest absolute Gasteiger partial charge is 0.472 e. The first kappa shape index (κ1) is 16.9. The molecule has 0 bridgehead atoms. The number of hydrogen-bond donors (Lipinski definition) is 0. The van der Waals surface area contributed by atoms with E-state index in [0.717, 1.165) is 8.95 Å². The van der Waals surface area contributed by atoms with Crippen molar-refractivity contribution in [2.24, 2.45) is 0 Å². The molecule has 1 aromatic carbocycles. The van der Waals surface area contributed by atoms with Gasteiger partial charge in [-0.25, -0.2) is 13.4 Å². The molecule has 5 nitrogen and oxygen atoms in total. The van der Waals surface area contributed by atoms with E-state index >= 15 is 0 Å². The fourth-order valence-electron chi connectivity index (χ4n) is 2.38. The van der Waals surface area contributed by atoms with Gasteiger partial charge < -0.3 is 4.74 Å². The summed E-state index contributed by atoms with van der Waals surface area (Å²) in [7, 11) is -3.49. The molecule has 1 aliphatic heterocycles. The van der Waals surface area contributed by atoms with Gasteiger partial charge in [-0.2, -0.15) is 4.31 Å². The maximum absolute atomic E-state index is 12.6. The topological polar surface area (TPSA) is 59.5 Å². The second kappa shape index (κ2) is 6.88. The maximum atomic E-state index is 12.6. The van der Waals surface area contributed by atoms with E-state index in [4.69, 9.17) is 4.74 Å². The first-order chi connectivity index (χ1) is 11.0. The molecule has 2 heterocycles. The molecule has 0 N–H and O–H groups in total. The standard InChI is InChI=1S/C15H14Br2N2O3S/c16-11-3-5-13(6-4-11)23(20,21)19-9-7-12(10-19)22-15-14(17)2-1-8-18-15/h1-6,8,12H,7,9-10H2. The second-order valence-electron chi connectivity index (χ2n) is 5.14. The fourth-order valence-corrected chi connectivity index (χ4v) is 4.48.